The van der Waals surface area contributed by atoms with E-state index in [1.807, 2.05) is 37.3 Å². The second-order valence-electron chi connectivity index (χ2n) is 11.6. The average Bonchev–Trinajstić information content (AvgIpc) is 2.92. The summed E-state index contributed by atoms with van der Waals surface area (Å²) in [5.41, 5.74) is 3.29. The first kappa shape index (κ1) is 29.0. The largest absolute Gasteiger partial charge is 0.487 e. The van der Waals surface area contributed by atoms with Gasteiger partial charge in [-0.25, -0.2) is 13.1 Å². The predicted molar refractivity (Wildman–Crippen MR) is 158 cm³/mol. The lowest BCUT2D eigenvalue weighted by Crippen LogP contribution is -2.43. The Hall–Kier alpha value is -2.55. The molecule has 1 amide bonds. The van der Waals surface area contributed by atoms with Crippen molar-refractivity contribution >= 4 is 33.2 Å². The molecule has 0 spiro atoms. The van der Waals surface area contributed by atoms with Crippen LogP contribution in [0.5, 0.6) is 5.75 Å². The van der Waals surface area contributed by atoms with Gasteiger partial charge in [0.2, 0.25) is 10.0 Å². The zero-order chi connectivity index (χ0) is 28.4. The normalized spacial score (nSPS) is 29.9. The number of aliphatic hydroxyl groups excluding tert-OH is 1. The molecule has 1 unspecified atom stereocenters. The third-order valence-electron chi connectivity index (χ3n) is 8.97. The SMILES string of the molecule is C[C@@H]1[C@@H](C)C/C=C/C(O)[C@@H]2CC[C@H]2CN2CCCCc3cc(Cl)ccc3COc3ccc(cc32)C(=O)NS1(=O)=O. The van der Waals surface area contributed by atoms with Crippen LogP contribution in [0.4, 0.5) is 5.69 Å². The summed E-state index contributed by atoms with van der Waals surface area (Å²) in [6.45, 7) is 5.30. The molecule has 2 aliphatic heterocycles. The highest BCUT2D eigenvalue weighted by Crippen LogP contribution is 2.41. The van der Waals surface area contributed by atoms with E-state index in [9.17, 15) is 18.3 Å². The smallest absolute Gasteiger partial charge is 0.264 e. The van der Waals surface area contributed by atoms with Crippen LogP contribution in [0, 0.1) is 17.8 Å². The van der Waals surface area contributed by atoms with Crippen LogP contribution in [0.25, 0.3) is 0 Å². The predicted octanol–water partition coefficient (Wildman–Crippen LogP) is 5.49. The third kappa shape index (κ3) is 6.34. The zero-order valence-electron chi connectivity index (χ0n) is 23.2. The Morgan fingerprint density at radius 1 is 1.07 bits per heavy atom. The number of aliphatic hydroxyl groups is 1. The van der Waals surface area contributed by atoms with Gasteiger partial charge in [0.1, 0.15) is 12.4 Å². The Morgan fingerprint density at radius 3 is 2.67 bits per heavy atom. The number of carbonyl (C=O) groups is 1. The molecule has 2 aromatic carbocycles. The van der Waals surface area contributed by atoms with Gasteiger partial charge >= 0.3 is 0 Å². The first-order chi connectivity index (χ1) is 19.1. The Balaban J connectivity index is 1.54. The van der Waals surface area contributed by atoms with Crippen molar-refractivity contribution in [2.24, 2.45) is 17.8 Å². The van der Waals surface area contributed by atoms with E-state index in [1.54, 1.807) is 25.1 Å². The van der Waals surface area contributed by atoms with Gasteiger partial charge < -0.3 is 14.7 Å². The molecule has 2 aromatic rings. The standard InChI is InChI=1S/C31H39ClN2O5S/c1-20-6-5-8-29(35)27-13-10-24(27)18-34-15-4-3-7-22-16-26(32)12-9-25(22)19-39-30-14-11-23(17-28(30)34)31(36)33-40(37,38)21(20)2/h5,8-9,11-12,14,16-17,20-21,24,27,29,35H,3-4,6-7,10,13,15,18-19H2,1-2H3,(H,33,36)/b8-5+/t20-,21+,24-,27+,29?/m0/s1. The van der Waals surface area contributed by atoms with Gasteiger partial charge in [-0.05, 0) is 105 Å². The fourth-order valence-electron chi connectivity index (χ4n) is 5.99. The number of ether oxygens (including phenoxy) is 1. The van der Waals surface area contributed by atoms with Crippen LogP contribution in [-0.2, 0) is 23.1 Å². The van der Waals surface area contributed by atoms with Gasteiger partial charge in [0.15, 0.2) is 0 Å². The van der Waals surface area contributed by atoms with E-state index in [0.717, 1.165) is 56.4 Å². The zero-order valence-corrected chi connectivity index (χ0v) is 24.8. The summed E-state index contributed by atoms with van der Waals surface area (Å²) >= 11 is 6.29. The van der Waals surface area contributed by atoms with Crippen LogP contribution in [0.3, 0.4) is 0 Å². The summed E-state index contributed by atoms with van der Waals surface area (Å²) in [4.78, 5) is 15.5. The monoisotopic (exact) mass is 586 g/mol. The maximum Gasteiger partial charge on any atom is 0.264 e. The number of hydrogen-bond acceptors (Lipinski definition) is 6. The molecule has 5 rings (SSSR count). The van der Waals surface area contributed by atoms with Crippen LogP contribution in [0.2, 0.25) is 5.02 Å². The molecule has 40 heavy (non-hydrogen) atoms. The number of hydrogen-bond donors (Lipinski definition) is 2. The minimum atomic E-state index is -3.91. The molecule has 2 N–H and O–H groups in total. The maximum absolute atomic E-state index is 13.3. The lowest BCUT2D eigenvalue weighted by Gasteiger charge is -2.42. The molecule has 0 radical (unpaired) electrons. The molecule has 9 heteroatoms. The number of nitrogens with one attached hydrogen (secondary N) is 1. The van der Waals surface area contributed by atoms with E-state index in [2.05, 4.69) is 9.62 Å². The molecular formula is C31H39ClN2O5S. The Labute approximate surface area is 242 Å². The van der Waals surface area contributed by atoms with Crippen molar-refractivity contribution < 1.29 is 23.1 Å². The van der Waals surface area contributed by atoms with Crippen LogP contribution < -0.4 is 14.4 Å². The van der Waals surface area contributed by atoms with Gasteiger partial charge in [-0.15, -0.1) is 0 Å². The fraction of sp³-hybridized carbons (Fsp3) is 0.516. The number of anilines is 1. The van der Waals surface area contributed by atoms with E-state index in [1.165, 1.54) is 5.56 Å². The average molecular weight is 587 g/mol. The topological polar surface area (TPSA) is 95.9 Å². The van der Waals surface area contributed by atoms with Crippen molar-refractivity contribution in [3.8, 4) is 5.75 Å². The van der Waals surface area contributed by atoms with E-state index in [-0.39, 0.29) is 17.4 Å². The lowest BCUT2D eigenvalue weighted by atomic mass is 9.70. The minimum absolute atomic E-state index is 0.140. The van der Waals surface area contributed by atoms with Gasteiger partial charge in [0.05, 0.1) is 17.0 Å². The molecule has 0 saturated heterocycles. The van der Waals surface area contributed by atoms with Crippen LogP contribution in [-0.4, -0.2) is 43.9 Å². The molecule has 1 aliphatic carbocycles. The van der Waals surface area contributed by atoms with Gasteiger partial charge in [-0.2, -0.15) is 0 Å². The van der Waals surface area contributed by atoms with E-state index >= 15 is 0 Å². The number of carbonyl (C=O) groups excluding carboxylic acids is 1. The van der Waals surface area contributed by atoms with E-state index in [0.29, 0.717) is 29.7 Å². The van der Waals surface area contributed by atoms with E-state index < -0.39 is 27.3 Å². The number of fused-ring (bicyclic) bond motifs is 3. The van der Waals surface area contributed by atoms with Crippen molar-refractivity contribution in [2.75, 3.05) is 18.0 Å². The van der Waals surface area contributed by atoms with Crippen molar-refractivity contribution in [1.82, 2.24) is 4.72 Å². The molecule has 1 fully saturated rings. The number of amides is 1. The minimum Gasteiger partial charge on any atom is -0.487 e. The first-order valence-corrected chi connectivity index (χ1v) is 16.2. The Bertz CT molecular complexity index is 1380. The molecule has 216 valence electrons. The van der Waals surface area contributed by atoms with Crippen molar-refractivity contribution in [3.05, 3.63) is 70.3 Å². The second kappa shape index (κ2) is 12.1. The summed E-state index contributed by atoms with van der Waals surface area (Å²) in [7, 11) is -3.91. The molecule has 3 aliphatic rings. The van der Waals surface area contributed by atoms with Crippen molar-refractivity contribution in [2.45, 2.75) is 70.3 Å². The molecule has 0 aromatic heterocycles. The third-order valence-corrected chi connectivity index (χ3v) is 11.1. The summed E-state index contributed by atoms with van der Waals surface area (Å²) in [6, 6.07) is 11.0. The Morgan fingerprint density at radius 2 is 1.90 bits per heavy atom. The van der Waals surface area contributed by atoms with Crippen molar-refractivity contribution in [3.63, 3.8) is 0 Å². The number of sulfonamides is 1. The highest BCUT2D eigenvalue weighted by atomic mass is 35.5. The highest BCUT2D eigenvalue weighted by Gasteiger charge is 2.37. The van der Waals surface area contributed by atoms with Crippen LogP contribution >= 0.6 is 11.6 Å². The fourth-order valence-corrected chi connectivity index (χ4v) is 7.47. The van der Waals surface area contributed by atoms with Gasteiger partial charge in [0.25, 0.3) is 5.91 Å². The summed E-state index contributed by atoms with van der Waals surface area (Å²) in [5.74, 6) is 0.210. The van der Waals surface area contributed by atoms with E-state index in [4.69, 9.17) is 16.3 Å². The van der Waals surface area contributed by atoms with Gasteiger partial charge in [-0.3, -0.25) is 4.79 Å². The van der Waals surface area contributed by atoms with Gasteiger partial charge in [0, 0.05) is 23.7 Å². The highest BCUT2D eigenvalue weighted by molar-refractivity contribution is 7.90. The molecule has 7 nitrogen and oxygen atoms in total. The summed E-state index contributed by atoms with van der Waals surface area (Å²) in [6.07, 6.45) is 8.39. The van der Waals surface area contributed by atoms with Crippen molar-refractivity contribution in [1.29, 1.82) is 0 Å². The molecule has 1 saturated carbocycles. The number of halogens is 1. The second-order valence-corrected chi connectivity index (χ2v) is 14.1. The lowest BCUT2D eigenvalue weighted by molar-refractivity contribution is 0.0461. The number of allylic oxidation sites excluding steroid dienone is 1. The number of nitrogens with zero attached hydrogens (tertiary/aromatic N) is 1. The molecule has 2 heterocycles. The first-order valence-electron chi connectivity index (χ1n) is 14.3. The number of benzene rings is 2. The summed E-state index contributed by atoms with van der Waals surface area (Å²) in [5, 5.41) is 10.9. The molecule has 2 bridgehead atoms. The molecular weight excluding hydrogens is 548 g/mol. The number of aryl methyl sites for hydroxylation is 1. The number of rotatable bonds is 0. The Kier molecular flexibility index (Phi) is 8.78. The summed E-state index contributed by atoms with van der Waals surface area (Å²) < 4.78 is 34.8. The molecule has 5 atom stereocenters. The van der Waals surface area contributed by atoms with Gasteiger partial charge in [-0.1, -0.05) is 36.7 Å². The van der Waals surface area contributed by atoms with Crippen LogP contribution in [0.1, 0.15) is 67.4 Å². The quantitative estimate of drug-likeness (QED) is 0.396. The van der Waals surface area contributed by atoms with Crippen LogP contribution in [0.15, 0.2) is 48.6 Å². The maximum atomic E-state index is 13.3.